The Hall–Kier alpha value is -3.26. The molecule has 1 aromatic heterocycles. The molecule has 1 aliphatic rings. The van der Waals surface area contributed by atoms with Crippen molar-refractivity contribution in [3.8, 4) is 11.5 Å². The number of hydrogen-bond donors (Lipinski definition) is 1. The van der Waals surface area contributed by atoms with E-state index in [1.807, 2.05) is 18.2 Å². The number of nitrogens with one attached hydrogen (secondary N) is 1. The summed E-state index contributed by atoms with van der Waals surface area (Å²) in [5.41, 5.74) is 7.14. The van der Waals surface area contributed by atoms with Gasteiger partial charge in [0.05, 0.1) is 26.0 Å². The second-order valence-corrected chi connectivity index (χ2v) is 9.59. The lowest BCUT2D eigenvalue weighted by Gasteiger charge is -2.43. The molecule has 1 N–H and O–H groups in total. The molecule has 2 heterocycles. The summed E-state index contributed by atoms with van der Waals surface area (Å²) in [6.07, 6.45) is 3.85. The zero-order valence-electron chi connectivity index (χ0n) is 20.2. The monoisotopic (exact) mass is 525 g/mol. The Labute approximate surface area is 207 Å². The molecule has 1 aliphatic heterocycles. The van der Waals surface area contributed by atoms with Gasteiger partial charge in [-0.3, -0.25) is 4.79 Å². The van der Waals surface area contributed by atoms with Crippen LogP contribution < -0.4 is 19.8 Å². The summed E-state index contributed by atoms with van der Waals surface area (Å²) < 4.78 is 17.5. The number of halogens is 1. The summed E-state index contributed by atoms with van der Waals surface area (Å²) in [4.78, 5) is 15.0. The lowest BCUT2D eigenvalue weighted by Crippen LogP contribution is -2.44. The normalized spacial score (nSPS) is 14.8. The number of benzene rings is 2. The van der Waals surface area contributed by atoms with Crippen molar-refractivity contribution in [1.29, 1.82) is 0 Å². The third kappa shape index (κ3) is 4.30. The van der Waals surface area contributed by atoms with E-state index in [1.165, 1.54) is 5.57 Å². The Morgan fingerprint density at radius 2 is 1.91 bits per heavy atom. The fourth-order valence-corrected chi connectivity index (χ4v) is 5.00. The summed E-state index contributed by atoms with van der Waals surface area (Å²) in [6, 6.07) is 9.37. The predicted octanol–water partition coefficient (Wildman–Crippen LogP) is 6.00. The highest BCUT2D eigenvalue weighted by Gasteiger charge is 2.31. The van der Waals surface area contributed by atoms with Gasteiger partial charge in [0.2, 0.25) is 0 Å². The molecule has 0 saturated heterocycles. The molecule has 0 radical (unpaired) electrons. The molecule has 0 atom stereocenters. The van der Waals surface area contributed by atoms with Crippen molar-refractivity contribution in [1.82, 2.24) is 5.43 Å². The maximum Gasteiger partial charge on any atom is 0.307 e. The van der Waals surface area contributed by atoms with Gasteiger partial charge in [0.1, 0.15) is 5.75 Å². The highest BCUT2D eigenvalue weighted by molar-refractivity contribution is 9.10. The molecule has 34 heavy (non-hydrogen) atoms. The van der Waals surface area contributed by atoms with Gasteiger partial charge in [-0.05, 0) is 57.5 Å². The van der Waals surface area contributed by atoms with E-state index in [-0.39, 0.29) is 11.3 Å². The molecular formula is C26H28BrN3O4. The molecule has 0 spiro atoms. The summed E-state index contributed by atoms with van der Waals surface area (Å²) in [7, 11) is 3.18. The molecule has 0 aliphatic carbocycles. The van der Waals surface area contributed by atoms with Crippen molar-refractivity contribution < 1.29 is 18.7 Å². The van der Waals surface area contributed by atoms with Crippen LogP contribution in [0.5, 0.6) is 11.5 Å². The highest BCUT2D eigenvalue weighted by Crippen LogP contribution is 2.41. The number of fused-ring (bicyclic) bond motifs is 2. The molecule has 7 nitrogen and oxygen atoms in total. The molecule has 178 valence electrons. The number of methoxy groups -OCH3 is 2. The van der Waals surface area contributed by atoms with Crippen LogP contribution in [-0.4, -0.2) is 38.4 Å². The van der Waals surface area contributed by atoms with Crippen molar-refractivity contribution in [2.75, 3.05) is 25.7 Å². The summed E-state index contributed by atoms with van der Waals surface area (Å²) in [6.45, 7) is 9.52. The van der Waals surface area contributed by atoms with Crippen LogP contribution in [0.3, 0.4) is 0 Å². The number of amides is 1. The van der Waals surface area contributed by atoms with Crippen LogP contribution in [0.25, 0.3) is 16.5 Å². The molecule has 2 aromatic carbocycles. The van der Waals surface area contributed by atoms with Gasteiger partial charge in [0.25, 0.3) is 0 Å². The van der Waals surface area contributed by atoms with Crippen molar-refractivity contribution >= 4 is 50.3 Å². The Balaban J connectivity index is 1.60. The van der Waals surface area contributed by atoms with E-state index in [1.54, 1.807) is 32.6 Å². The number of likely N-dealkylation sites (N-methyl/N-ethyl adjacent to an activating group) is 1. The average Bonchev–Trinajstić information content (AvgIpc) is 3.22. The minimum Gasteiger partial charge on any atom is -0.496 e. The minimum absolute atomic E-state index is 0.0920. The van der Waals surface area contributed by atoms with Crippen LogP contribution in [-0.2, 0) is 0 Å². The van der Waals surface area contributed by atoms with Crippen molar-refractivity contribution in [3.63, 3.8) is 0 Å². The first-order valence-corrected chi connectivity index (χ1v) is 11.8. The van der Waals surface area contributed by atoms with E-state index in [4.69, 9.17) is 13.9 Å². The largest absolute Gasteiger partial charge is 0.496 e. The molecule has 4 rings (SSSR count). The van der Waals surface area contributed by atoms with E-state index >= 15 is 0 Å². The second kappa shape index (κ2) is 9.18. The maximum atomic E-state index is 12.7. The average molecular weight is 526 g/mol. The lowest BCUT2D eigenvalue weighted by atomic mass is 9.88. The molecule has 1 amide bonds. The fraction of sp³-hybridized carbons (Fsp3) is 0.308. The second-order valence-electron chi connectivity index (χ2n) is 8.67. The van der Waals surface area contributed by atoms with Gasteiger partial charge in [-0.1, -0.05) is 22.0 Å². The first-order valence-electron chi connectivity index (χ1n) is 11.0. The molecule has 8 heteroatoms. The predicted molar refractivity (Wildman–Crippen MR) is 139 cm³/mol. The SMILES string of the molecule is CCN1c2cc(OC)c(/C=N\NC(=O)c3cc4cc(Br)cc(OC)c4o3)cc2C(C)=CC1(C)C. The Morgan fingerprint density at radius 3 is 2.59 bits per heavy atom. The van der Waals surface area contributed by atoms with E-state index in [2.05, 4.69) is 65.1 Å². The number of anilines is 1. The fourth-order valence-electron chi connectivity index (χ4n) is 4.54. The van der Waals surface area contributed by atoms with Crippen LogP contribution in [0.4, 0.5) is 5.69 Å². The molecule has 0 bridgehead atoms. The molecule has 0 fully saturated rings. The van der Waals surface area contributed by atoms with Gasteiger partial charge in [0, 0.05) is 39.3 Å². The van der Waals surface area contributed by atoms with Crippen molar-refractivity contribution in [2.24, 2.45) is 5.10 Å². The first kappa shape index (κ1) is 23.9. The maximum absolute atomic E-state index is 12.7. The molecule has 3 aromatic rings. The number of allylic oxidation sites excluding steroid dienone is 1. The Morgan fingerprint density at radius 1 is 1.18 bits per heavy atom. The van der Waals surface area contributed by atoms with Crippen LogP contribution in [0.2, 0.25) is 0 Å². The van der Waals surface area contributed by atoms with Gasteiger partial charge in [-0.25, -0.2) is 5.43 Å². The van der Waals surface area contributed by atoms with Crippen LogP contribution in [0.1, 0.15) is 49.4 Å². The highest BCUT2D eigenvalue weighted by atomic mass is 79.9. The standard InChI is InChI=1S/C26H28BrN3O4/c1-7-30-20-12-21(32-5)17(9-19(20)15(2)13-26(30,3)4)14-28-29-25(31)23-10-16-8-18(27)11-22(33-6)24(16)34-23/h8-14H,7H2,1-6H3,(H,29,31)/b28-14-. The number of carbonyl (C=O) groups excluding carboxylic acids is 1. The molecule has 0 saturated carbocycles. The number of ether oxygens (including phenoxy) is 2. The number of nitrogens with zero attached hydrogens (tertiary/aromatic N) is 2. The topological polar surface area (TPSA) is 76.3 Å². The summed E-state index contributed by atoms with van der Waals surface area (Å²) in [5, 5.41) is 4.91. The third-order valence-electron chi connectivity index (χ3n) is 6.01. The van der Waals surface area contributed by atoms with E-state index in [9.17, 15) is 4.79 Å². The number of carbonyl (C=O) groups is 1. The van der Waals surface area contributed by atoms with E-state index < -0.39 is 5.91 Å². The number of furan rings is 1. The van der Waals surface area contributed by atoms with Crippen molar-refractivity contribution in [2.45, 2.75) is 33.2 Å². The smallest absolute Gasteiger partial charge is 0.307 e. The van der Waals surface area contributed by atoms with Gasteiger partial charge in [-0.2, -0.15) is 5.10 Å². The third-order valence-corrected chi connectivity index (χ3v) is 6.46. The van der Waals surface area contributed by atoms with Crippen LogP contribution in [0, 0.1) is 0 Å². The van der Waals surface area contributed by atoms with Gasteiger partial charge >= 0.3 is 5.91 Å². The van der Waals surface area contributed by atoms with Crippen molar-refractivity contribution in [3.05, 3.63) is 57.8 Å². The zero-order chi connectivity index (χ0) is 24.6. The molecule has 0 unspecified atom stereocenters. The zero-order valence-corrected chi connectivity index (χ0v) is 21.7. The van der Waals surface area contributed by atoms with Crippen LogP contribution in [0.15, 0.2) is 50.4 Å². The van der Waals surface area contributed by atoms with Gasteiger partial charge in [-0.15, -0.1) is 0 Å². The molecular weight excluding hydrogens is 498 g/mol. The summed E-state index contributed by atoms with van der Waals surface area (Å²) in [5.74, 6) is 0.899. The Kier molecular flexibility index (Phi) is 6.45. The van der Waals surface area contributed by atoms with E-state index in [0.717, 1.165) is 33.2 Å². The van der Waals surface area contributed by atoms with Gasteiger partial charge < -0.3 is 18.8 Å². The van der Waals surface area contributed by atoms with Crippen LogP contribution >= 0.6 is 15.9 Å². The number of hydrazone groups is 1. The minimum atomic E-state index is -0.461. The lowest BCUT2D eigenvalue weighted by molar-refractivity contribution is 0.0929. The summed E-state index contributed by atoms with van der Waals surface area (Å²) >= 11 is 3.43. The first-order chi connectivity index (χ1) is 16.2. The Bertz CT molecular complexity index is 1320. The van der Waals surface area contributed by atoms with Gasteiger partial charge in [0.15, 0.2) is 17.1 Å². The number of hydrogen-bond acceptors (Lipinski definition) is 6. The number of rotatable bonds is 6. The van der Waals surface area contributed by atoms with E-state index in [0.29, 0.717) is 17.1 Å². The quantitative estimate of drug-likeness (QED) is 0.315.